The summed E-state index contributed by atoms with van der Waals surface area (Å²) >= 11 is 0. The number of rotatable bonds is 10. The number of esters is 1. The van der Waals surface area contributed by atoms with Gasteiger partial charge < -0.3 is 26.4 Å². The number of nitrogen functional groups attached to an aromatic ring is 1. The van der Waals surface area contributed by atoms with Crippen molar-refractivity contribution in [3.8, 4) is 0 Å². The van der Waals surface area contributed by atoms with Gasteiger partial charge in [-0.1, -0.05) is 24.3 Å². The number of benzene rings is 2. The van der Waals surface area contributed by atoms with Gasteiger partial charge in [0.15, 0.2) is 0 Å². The van der Waals surface area contributed by atoms with Crippen molar-refractivity contribution in [3.63, 3.8) is 0 Å². The van der Waals surface area contributed by atoms with E-state index >= 15 is 0 Å². The van der Waals surface area contributed by atoms with Gasteiger partial charge in [0.2, 0.25) is 21.8 Å². The molecule has 3 amide bonds. The van der Waals surface area contributed by atoms with Crippen molar-refractivity contribution in [1.29, 1.82) is 0 Å². The number of nitrogens with two attached hydrogens (primary N) is 1. The summed E-state index contributed by atoms with van der Waals surface area (Å²) in [5, 5.41) is 7.37. The summed E-state index contributed by atoms with van der Waals surface area (Å²) in [7, 11) is -2.80. The lowest BCUT2D eigenvalue weighted by Gasteiger charge is -2.25. The Morgan fingerprint density at radius 3 is 2.49 bits per heavy atom. The number of ether oxygens (including phenoxy) is 1. The van der Waals surface area contributed by atoms with E-state index in [1.54, 1.807) is 30.3 Å². The van der Waals surface area contributed by atoms with Crippen molar-refractivity contribution in [3.05, 3.63) is 60.2 Å². The zero-order valence-corrected chi connectivity index (χ0v) is 21.0. The molecule has 1 fully saturated rings. The Morgan fingerprint density at radius 1 is 1.08 bits per heavy atom. The highest BCUT2D eigenvalue weighted by molar-refractivity contribution is 7.89. The Kier molecular flexibility index (Phi) is 9.20. The maximum Gasteiger partial charge on any atom is 0.330 e. The van der Waals surface area contributed by atoms with Crippen molar-refractivity contribution in [2.75, 3.05) is 32.5 Å². The highest BCUT2D eigenvalue weighted by Crippen LogP contribution is 2.26. The van der Waals surface area contributed by atoms with Crippen LogP contribution in [0.4, 0.5) is 5.69 Å². The van der Waals surface area contributed by atoms with E-state index in [1.165, 1.54) is 24.3 Å². The van der Waals surface area contributed by atoms with Crippen molar-refractivity contribution >= 4 is 39.4 Å². The first-order chi connectivity index (χ1) is 17.6. The van der Waals surface area contributed by atoms with E-state index in [-0.39, 0.29) is 36.5 Å². The molecule has 13 heteroatoms. The molecule has 37 heavy (non-hydrogen) atoms. The summed E-state index contributed by atoms with van der Waals surface area (Å²) < 4.78 is 31.9. The lowest BCUT2D eigenvalue weighted by atomic mass is 10.2. The molecular weight excluding hydrogens is 502 g/mol. The molecule has 12 nitrogen and oxygen atoms in total. The SMILES string of the molecule is COC(=O)[C@H](CNC(=O)CNC(=O)c1cccc(N)c1)NC(=O)[C@@H]1CCCN1S(=O)(=O)c1ccccc1. The minimum atomic E-state index is -3.92. The highest BCUT2D eigenvalue weighted by Gasteiger charge is 2.40. The Balaban J connectivity index is 1.58. The van der Waals surface area contributed by atoms with Crippen molar-refractivity contribution in [2.24, 2.45) is 0 Å². The van der Waals surface area contributed by atoms with Crippen molar-refractivity contribution < 1.29 is 32.3 Å². The summed E-state index contributed by atoms with van der Waals surface area (Å²) in [5.41, 5.74) is 6.32. The van der Waals surface area contributed by atoms with Crippen LogP contribution in [0.1, 0.15) is 23.2 Å². The molecule has 0 spiro atoms. The molecule has 1 saturated heterocycles. The number of methoxy groups -OCH3 is 1. The van der Waals surface area contributed by atoms with E-state index in [4.69, 9.17) is 10.5 Å². The monoisotopic (exact) mass is 531 g/mol. The number of anilines is 1. The fourth-order valence-electron chi connectivity index (χ4n) is 3.84. The van der Waals surface area contributed by atoms with Gasteiger partial charge in [-0.2, -0.15) is 4.31 Å². The van der Waals surface area contributed by atoms with Crippen LogP contribution in [-0.2, 0) is 29.1 Å². The third-order valence-corrected chi connectivity index (χ3v) is 7.64. The van der Waals surface area contributed by atoms with E-state index < -0.39 is 45.8 Å². The normalized spacial score (nSPS) is 16.4. The van der Waals surface area contributed by atoms with Crippen molar-refractivity contribution in [1.82, 2.24) is 20.3 Å². The second-order valence-corrected chi connectivity index (χ2v) is 10.2. The molecule has 0 aliphatic carbocycles. The quantitative estimate of drug-likeness (QED) is 0.237. The van der Waals surface area contributed by atoms with Gasteiger partial charge in [0.1, 0.15) is 12.1 Å². The first-order valence-electron chi connectivity index (χ1n) is 11.5. The van der Waals surface area contributed by atoms with Crippen LogP contribution in [0.3, 0.4) is 0 Å². The van der Waals surface area contributed by atoms with Gasteiger partial charge in [0.05, 0.1) is 18.6 Å². The molecule has 2 aromatic rings. The number of carbonyl (C=O) groups excluding carboxylic acids is 4. The average Bonchev–Trinajstić information content (AvgIpc) is 3.41. The molecule has 1 heterocycles. The van der Waals surface area contributed by atoms with Crippen LogP contribution in [0, 0.1) is 0 Å². The number of carbonyl (C=O) groups is 4. The molecule has 5 N–H and O–H groups in total. The zero-order valence-electron chi connectivity index (χ0n) is 20.2. The first-order valence-corrected chi connectivity index (χ1v) is 12.9. The fraction of sp³-hybridized carbons (Fsp3) is 0.333. The summed E-state index contributed by atoms with van der Waals surface area (Å²) in [6.07, 6.45) is 0.741. The van der Waals surface area contributed by atoms with E-state index in [0.717, 1.165) is 11.4 Å². The van der Waals surface area contributed by atoms with E-state index in [1.807, 2.05) is 0 Å². The molecule has 1 aliphatic heterocycles. The maximum absolute atomic E-state index is 13.0. The maximum atomic E-state index is 13.0. The summed E-state index contributed by atoms with van der Waals surface area (Å²) in [6.45, 7) is -0.563. The van der Waals surface area contributed by atoms with Crippen LogP contribution in [0.5, 0.6) is 0 Å². The molecule has 0 bridgehead atoms. The second kappa shape index (κ2) is 12.3. The van der Waals surface area contributed by atoms with E-state index in [0.29, 0.717) is 12.1 Å². The van der Waals surface area contributed by atoms with Crippen molar-refractivity contribution in [2.45, 2.75) is 29.8 Å². The molecule has 0 saturated carbocycles. The number of hydrogen-bond acceptors (Lipinski definition) is 8. The molecule has 2 aromatic carbocycles. The number of sulfonamides is 1. The van der Waals surface area contributed by atoms with Crippen LogP contribution in [-0.4, -0.2) is 75.2 Å². The summed E-state index contributed by atoms with van der Waals surface area (Å²) in [4.78, 5) is 49.7. The van der Waals surface area contributed by atoms with E-state index in [9.17, 15) is 27.6 Å². The third kappa shape index (κ3) is 7.05. The Hall–Kier alpha value is -3.97. The third-order valence-electron chi connectivity index (χ3n) is 5.72. The standard InChI is InChI=1S/C24H29N5O7S/c1-36-24(33)19(14-26-21(30)15-27-22(31)16-7-5-8-17(25)13-16)28-23(32)20-11-6-12-29(20)37(34,35)18-9-3-2-4-10-18/h2-5,7-10,13,19-20H,6,11-12,14-15,25H2,1H3,(H,26,30)(H,27,31)(H,28,32)/t19-,20-/m0/s1. The van der Waals surface area contributed by atoms with E-state index in [2.05, 4.69) is 16.0 Å². The zero-order chi connectivity index (χ0) is 27.0. The second-order valence-electron chi connectivity index (χ2n) is 8.28. The highest BCUT2D eigenvalue weighted by atomic mass is 32.2. The largest absolute Gasteiger partial charge is 0.467 e. The fourth-order valence-corrected chi connectivity index (χ4v) is 5.52. The van der Waals surface area contributed by atoms with Gasteiger partial charge in [-0.25, -0.2) is 13.2 Å². The number of nitrogens with one attached hydrogen (secondary N) is 3. The first kappa shape index (κ1) is 27.6. The van der Waals surface area contributed by atoms with Gasteiger partial charge in [-0.3, -0.25) is 14.4 Å². The molecular formula is C24H29N5O7S. The predicted octanol–water partition coefficient (Wildman–Crippen LogP) is -0.374. The van der Waals surface area contributed by atoms with Gasteiger partial charge >= 0.3 is 5.97 Å². The number of amides is 3. The summed E-state index contributed by atoms with van der Waals surface area (Å²) in [6, 6.07) is 11.7. The Morgan fingerprint density at radius 2 is 1.81 bits per heavy atom. The lowest BCUT2D eigenvalue weighted by Crippen LogP contribution is -2.55. The molecule has 1 aliphatic rings. The van der Waals surface area contributed by atoms with Crippen LogP contribution in [0.25, 0.3) is 0 Å². The molecule has 0 unspecified atom stereocenters. The minimum absolute atomic E-state index is 0.0618. The molecule has 0 radical (unpaired) electrons. The molecule has 0 aromatic heterocycles. The van der Waals surface area contributed by atoms with Gasteiger partial charge in [0, 0.05) is 24.3 Å². The molecule has 198 valence electrons. The van der Waals surface area contributed by atoms with Gasteiger partial charge in [0.25, 0.3) is 5.91 Å². The van der Waals surface area contributed by atoms with Crippen LogP contribution < -0.4 is 21.7 Å². The minimum Gasteiger partial charge on any atom is -0.467 e. The van der Waals surface area contributed by atoms with Crippen LogP contribution in [0.15, 0.2) is 59.5 Å². The lowest BCUT2D eigenvalue weighted by molar-refractivity contribution is -0.145. The van der Waals surface area contributed by atoms with Crippen LogP contribution in [0.2, 0.25) is 0 Å². The molecule has 2 atom stereocenters. The number of hydrogen-bond donors (Lipinski definition) is 4. The predicted molar refractivity (Wildman–Crippen MR) is 133 cm³/mol. The smallest absolute Gasteiger partial charge is 0.330 e. The van der Waals surface area contributed by atoms with Gasteiger partial charge in [-0.15, -0.1) is 0 Å². The Labute approximate surface area is 214 Å². The topological polar surface area (TPSA) is 177 Å². The Bertz CT molecular complexity index is 1250. The van der Waals surface area contributed by atoms with Crippen LogP contribution >= 0.6 is 0 Å². The number of nitrogens with zero attached hydrogens (tertiary/aromatic N) is 1. The molecule has 3 rings (SSSR count). The van der Waals surface area contributed by atoms with Gasteiger partial charge in [-0.05, 0) is 43.2 Å². The average molecular weight is 532 g/mol. The summed E-state index contributed by atoms with van der Waals surface area (Å²) in [5.74, 6) is -2.64.